The molecule has 2 aromatic heterocycles. The van der Waals surface area contributed by atoms with Crippen LogP contribution < -0.4 is 5.73 Å². The van der Waals surface area contributed by atoms with Crippen LogP contribution in [0.2, 0.25) is 0 Å². The predicted molar refractivity (Wildman–Crippen MR) is 98.4 cm³/mol. The normalized spacial score (nSPS) is 11.0. The molecule has 0 saturated carbocycles. The highest BCUT2D eigenvalue weighted by Crippen LogP contribution is 2.23. The number of halogens is 1. The van der Waals surface area contributed by atoms with Gasteiger partial charge in [-0.25, -0.2) is 9.97 Å². The van der Waals surface area contributed by atoms with E-state index in [-0.39, 0.29) is 0 Å². The maximum Gasteiger partial charge on any atom is 0.186 e. The first kappa shape index (κ1) is 14.8. The van der Waals surface area contributed by atoms with E-state index in [0.717, 1.165) is 21.0 Å². The standard InChI is InChI=1S/C18H14BrN5/c19-15-9-5-4-8-13(15)10-24-11-14-16(20)21-17(22-18(14)23-24)12-6-2-1-3-7-12/h1-9,11H,10H2,(H2,20,21,22,23). The first-order valence-corrected chi connectivity index (χ1v) is 8.29. The second-order valence-electron chi connectivity index (χ2n) is 5.45. The first-order chi connectivity index (χ1) is 11.7. The lowest BCUT2D eigenvalue weighted by Gasteiger charge is -2.03. The molecule has 0 atom stereocenters. The van der Waals surface area contributed by atoms with Crippen LogP contribution >= 0.6 is 15.9 Å². The third kappa shape index (κ3) is 2.76. The first-order valence-electron chi connectivity index (χ1n) is 7.50. The largest absolute Gasteiger partial charge is 0.383 e. The van der Waals surface area contributed by atoms with Crippen LogP contribution in [0, 0.1) is 0 Å². The van der Waals surface area contributed by atoms with Gasteiger partial charge in [-0.2, -0.15) is 5.10 Å². The van der Waals surface area contributed by atoms with Crippen molar-refractivity contribution >= 4 is 32.8 Å². The molecule has 2 N–H and O–H groups in total. The van der Waals surface area contributed by atoms with E-state index in [9.17, 15) is 0 Å². The van der Waals surface area contributed by atoms with Crippen molar-refractivity contribution in [1.29, 1.82) is 0 Å². The van der Waals surface area contributed by atoms with E-state index in [1.165, 1.54) is 0 Å². The Morgan fingerprint density at radius 3 is 2.50 bits per heavy atom. The van der Waals surface area contributed by atoms with Gasteiger partial charge in [0.2, 0.25) is 0 Å². The van der Waals surface area contributed by atoms with Crippen LogP contribution in [0.1, 0.15) is 5.56 Å². The summed E-state index contributed by atoms with van der Waals surface area (Å²) in [7, 11) is 0. The number of nitrogens with zero attached hydrogens (tertiary/aromatic N) is 4. The zero-order valence-corrected chi connectivity index (χ0v) is 14.3. The smallest absolute Gasteiger partial charge is 0.186 e. The number of hydrogen-bond donors (Lipinski definition) is 1. The van der Waals surface area contributed by atoms with Crippen molar-refractivity contribution in [3.05, 3.63) is 70.8 Å². The van der Waals surface area contributed by atoms with Crippen molar-refractivity contribution in [2.75, 3.05) is 5.73 Å². The van der Waals surface area contributed by atoms with Crippen molar-refractivity contribution in [2.24, 2.45) is 0 Å². The van der Waals surface area contributed by atoms with E-state index >= 15 is 0 Å². The van der Waals surface area contributed by atoms with E-state index in [1.807, 2.05) is 59.4 Å². The van der Waals surface area contributed by atoms with Gasteiger partial charge in [-0.15, -0.1) is 0 Å². The number of benzene rings is 2. The van der Waals surface area contributed by atoms with E-state index in [4.69, 9.17) is 5.73 Å². The molecular weight excluding hydrogens is 366 g/mol. The number of rotatable bonds is 3. The zero-order valence-electron chi connectivity index (χ0n) is 12.7. The summed E-state index contributed by atoms with van der Waals surface area (Å²) in [5.41, 5.74) is 8.78. The molecule has 118 valence electrons. The molecule has 0 saturated heterocycles. The summed E-state index contributed by atoms with van der Waals surface area (Å²) in [6.07, 6.45) is 1.89. The van der Waals surface area contributed by atoms with Crippen molar-refractivity contribution < 1.29 is 0 Å². The molecular formula is C18H14BrN5. The molecule has 0 aliphatic carbocycles. The van der Waals surface area contributed by atoms with E-state index in [0.29, 0.717) is 23.8 Å². The number of hydrogen-bond acceptors (Lipinski definition) is 4. The number of anilines is 1. The van der Waals surface area contributed by atoms with Crippen LogP contribution in [0.3, 0.4) is 0 Å². The fraction of sp³-hybridized carbons (Fsp3) is 0.0556. The SMILES string of the molecule is Nc1nc(-c2ccccc2)nc2nn(Cc3ccccc3Br)cc12. The Bertz CT molecular complexity index is 1010. The molecule has 0 fully saturated rings. The van der Waals surface area contributed by atoms with Gasteiger partial charge < -0.3 is 5.73 Å². The van der Waals surface area contributed by atoms with Crippen molar-refractivity contribution in [3.63, 3.8) is 0 Å². The molecule has 4 aromatic rings. The fourth-order valence-electron chi connectivity index (χ4n) is 2.57. The molecule has 0 aliphatic heterocycles. The van der Waals surface area contributed by atoms with Gasteiger partial charge in [-0.1, -0.05) is 64.5 Å². The number of nitrogen functional groups attached to an aromatic ring is 1. The highest BCUT2D eigenvalue weighted by molar-refractivity contribution is 9.10. The number of fused-ring (bicyclic) bond motifs is 1. The predicted octanol–water partition coefficient (Wildman–Crippen LogP) is 3.89. The lowest BCUT2D eigenvalue weighted by molar-refractivity contribution is 0.691. The van der Waals surface area contributed by atoms with E-state index in [1.54, 1.807) is 0 Å². The summed E-state index contributed by atoms with van der Waals surface area (Å²) in [5, 5.41) is 5.33. The molecule has 0 unspecified atom stereocenters. The summed E-state index contributed by atoms with van der Waals surface area (Å²) < 4.78 is 2.89. The van der Waals surface area contributed by atoms with Crippen LogP contribution in [-0.2, 0) is 6.54 Å². The highest BCUT2D eigenvalue weighted by atomic mass is 79.9. The average molecular weight is 380 g/mol. The van der Waals surface area contributed by atoms with Gasteiger partial charge in [0.15, 0.2) is 11.5 Å². The summed E-state index contributed by atoms with van der Waals surface area (Å²) in [5.74, 6) is 1.03. The molecule has 0 aliphatic rings. The van der Waals surface area contributed by atoms with Gasteiger partial charge in [-0.3, -0.25) is 4.68 Å². The van der Waals surface area contributed by atoms with Gasteiger partial charge in [0.25, 0.3) is 0 Å². The quantitative estimate of drug-likeness (QED) is 0.586. The second kappa shape index (κ2) is 6.05. The molecule has 2 heterocycles. The molecule has 5 nitrogen and oxygen atoms in total. The summed E-state index contributed by atoms with van der Waals surface area (Å²) in [6, 6.07) is 17.8. The molecule has 0 amide bonds. The lowest BCUT2D eigenvalue weighted by atomic mass is 10.2. The molecule has 4 rings (SSSR count). The Hall–Kier alpha value is -2.73. The summed E-state index contributed by atoms with van der Waals surface area (Å²) >= 11 is 3.56. The number of aromatic nitrogens is 4. The minimum absolute atomic E-state index is 0.442. The molecule has 24 heavy (non-hydrogen) atoms. The van der Waals surface area contributed by atoms with Crippen molar-refractivity contribution in [3.8, 4) is 11.4 Å². The minimum atomic E-state index is 0.442. The Balaban J connectivity index is 1.76. The van der Waals surface area contributed by atoms with Crippen LogP contribution in [-0.4, -0.2) is 19.7 Å². The highest BCUT2D eigenvalue weighted by Gasteiger charge is 2.11. The Morgan fingerprint density at radius 1 is 0.958 bits per heavy atom. The molecule has 6 heteroatoms. The summed E-state index contributed by atoms with van der Waals surface area (Å²) in [4.78, 5) is 8.97. The second-order valence-corrected chi connectivity index (χ2v) is 6.31. The van der Waals surface area contributed by atoms with Crippen LogP contribution in [0.4, 0.5) is 5.82 Å². The molecule has 0 bridgehead atoms. The third-order valence-corrected chi connectivity index (χ3v) is 4.55. The maximum atomic E-state index is 6.12. The monoisotopic (exact) mass is 379 g/mol. The van der Waals surface area contributed by atoms with Gasteiger partial charge >= 0.3 is 0 Å². The van der Waals surface area contributed by atoms with Crippen molar-refractivity contribution in [2.45, 2.75) is 6.54 Å². The van der Waals surface area contributed by atoms with E-state index in [2.05, 4.69) is 37.1 Å². The van der Waals surface area contributed by atoms with Gasteiger partial charge in [0, 0.05) is 16.2 Å². The zero-order chi connectivity index (χ0) is 16.5. The number of nitrogens with two attached hydrogens (primary N) is 1. The van der Waals surface area contributed by atoms with Crippen LogP contribution in [0.25, 0.3) is 22.4 Å². The molecule has 2 aromatic carbocycles. The van der Waals surface area contributed by atoms with Gasteiger partial charge in [0.05, 0.1) is 11.9 Å². The van der Waals surface area contributed by atoms with Crippen molar-refractivity contribution in [1.82, 2.24) is 19.7 Å². The Morgan fingerprint density at radius 2 is 1.71 bits per heavy atom. The van der Waals surface area contributed by atoms with Crippen LogP contribution in [0.5, 0.6) is 0 Å². The van der Waals surface area contributed by atoms with Gasteiger partial charge in [-0.05, 0) is 11.6 Å². The fourth-order valence-corrected chi connectivity index (χ4v) is 2.98. The van der Waals surface area contributed by atoms with E-state index < -0.39 is 0 Å². The molecule has 0 radical (unpaired) electrons. The minimum Gasteiger partial charge on any atom is -0.383 e. The Kier molecular flexibility index (Phi) is 3.74. The Labute approximate surface area is 147 Å². The lowest BCUT2D eigenvalue weighted by Crippen LogP contribution is -2.00. The maximum absolute atomic E-state index is 6.12. The van der Waals surface area contributed by atoms with Crippen LogP contribution in [0.15, 0.2) is 65.3 Å². The summed E-state index contributed by atoms with van der Waals surface area (Å²) in [6.45, 7) is 0.637. The van der Waals surface area contributed by atoms with Gasteiger partial charge in [0.1, 0.15) is 5.82 Å². The third-order valence-electron chi connectivity index (χ3n) is 3.78. The average Bonchev–Trinajstić information content (AvgIpc) is 3.01. The topological polar surface area (TPSA) is 69.6 Å². The molecule has 0 spiro atoms.